The van der Waals surface area contributed by atoms with Crippen molar-refractivity contribution in [2.75, 3.05) is 13.6 Å². The number of rotatable bonds is 7. The van der Waals surface area contributed by atoms with E-state index in [2.05, 4.69) is 22.5 Å². The summed E-state index contributed by atoms with van der Waals surface area (Å²) in [6.07, 6.45) is 13.3. The van der Waals surface area contributed by atoms with E-state index in [0.717, 1.165) is 38.8 Å². The topological polar surface area (TPSA) is 29.9 Å². The van der Waals surface area contributed by atoms with Crippen molar-refractivity contribution in [2.24, 2.45) is 0 Å². The normalized spacial score (nSPS) is 10.1. The van der Waals surface area contributed by atoms with Gasteiger partial charge in [-0.15, -0.1) is 12.3 Å². The molecule has 0 fully saturated rings. The molecule has 1 rings (SSSR count). The second kappa shape index (κ2) is 7.08. The smallest absolute Gasteiger partial charge is 0.0521 e. The Hall–Kier alpha value is -1.27. The van der Waals surface area contributed by atoms with Gasteiger partial charge < -0.3 is 5.32 Å². The van der Waals surface area contributed by atoms with Crippen LogP contribution < -0.4 is 5.32 Å². The molecule has 0 aliphatic rings. The zero-order valence-corrected chi connectivity index (χ0v) is 9.37. The first-order valence-corrected chi connectivity index (χ1v) is 5.46. The first-order valence-electron chi connectivity index (χ1n) is 5.46. The summed E-state index contributed by atoms with van der Waals surface area (Å²) < 4.78 is 1.98. The zero-order chi connectivity index (χ0) is 10.9. The van der Waals surface area contributed by atoms with Gasteiger partial charge in [0, 0.05) is 19.2 Å². The summed E-state index contributed by atoms with van der Waals surface area (Å²) in [5.74, 6) is 2.64. The standard InChI is InChI=1S/C12H19N3/c1-3-4-5-9-15-11-12(10-14-15)7-6-8-13-2/h1,10-11,13H,4-9H2,2H3. The van der Waals surface area contributed by atoms with Gasteiger partial charge in [0.25, 0.3) is 0 Å². The van der Waals surface area contributed by atoms with E-state index >= 15 is 0 Å². The number of nitrogens with one attached hydrogen (secondary N) is 1. The van der Waals surface area contributed by atoms with Crippen LogP contribution in [0.3, 0.4) is 0 Å². The highest BCUT2D eigenvalue weighted by Gasteiger charge is 1.97. The average Bonchev–Trinajstić information content (AvgIpc) is 2.67. The summed E-state index contributed by atoms with van der Waals surface area (Å²) in [7, 11) is 1.98. The summed E-state index contributed by atoms with van der Waals surface area (Å²) in [6.45, 7) is 1.98. The van der Waals surface area contributed by atoms with Crippen molar-refractivity contribution in [2.45, 2.75) is 32.2 Å². The average molecular weight is 205 g/mol. The lowest BCUT2D eigenvalue weighted by Crippen LogP contribution is -2.08. The van der Waals surface area contributed by atoms with Crippen molar-refractivity contribution in [3.05, 3.63) is 18.0 Å². The second-order valence-electron chi connectivity index (χ2n) is 3.63. The number of aromatic nitrogens is 2. The summed E-state index contributed by atoms with van der Waals surface area (Å²) in [4.78, 5) is 0. The van der Waals surface area contributed by atoms with E-state index in [4.69, 9.17) is 6.42 Å². The van der Waals surface area contributed by atoms with Crippen LogP contribution in [-0.2, 0) is 13.0 Å². The monoisotopic (exact) mass is 205 g/mol. The van der Waals surface area contributed by atoms with Gasteiger partial charge in [-0.25, -0.2) is 0 Å². The predicted octanol–water partition coefficient (Wildman–Crippen LogP) is 1.45. The van der Waals surface area contributed by atoms with Crippen molar-refractivity contribution in [3.8, 4) is 12.3 Å². The third-order valence-electron chi connectivity index (χ3n) is 2.29. The first kappa shape index (κ1) is 11.8. The number of unbranched alkanes of at least 4 members (excludes halogenated alkanes) is 1. The van der Waals surface area contributed by atoms with E-state index < -0.39 is 0 Å². The van der Waals surface area contributed by atoms with Crippen LogP contribution in [0.4, 0.5) is 0 Å². The number of aryl methyl sites for hydroxylation is 2. The van der Waals surface area contributed by atoms with Crippen LogP contribution in [0, 0.1) is 12.3 Å². The predicted molar refractivity (Wildman–Crippen MR) is 62.5 cm³/mol. The van der Waals surface area contributed by atoms with Crippen LogP contribution in [0.15, 0.2) is 12.4 Å². The van der Waals surface area contributed by atoms with Crippen LogP contribution in [0.25, 0.3) is 0 Å². The molecule has 1 N–H and O–H groups in total. The molecule has 0 aliphatic heterocycles. The molecule has 82 valence electrons. The molecule has 0 radical (unpaired) electrons. The van der Waals surface area contributed by atoms with Crippen LogP contribution in [0.2, 0.25) is 0 Å². The molecule has 1 heterocycles. The van der Waals surface area contributed by atoms with Crippen LogP contribution >= 0.6 is 0 Å². The molecule has 0 unspecified atom stereocenters. The van der Waals surface area contributed by atoms with Crippen LogP contribution in [0.5, 0.6) is 0 Å². The Bertz CT molecular complexity index is 309. The fraction of sp³-hybridized carbons (Fsp3) is 0.583. The van der Waals surface area contributed by atoms with E-state index in [0.29, 0.717) is 0 Å². The summed E-state index contributed by atoms with van der Waals surface area (Å²) in [5, 5.41) is 7.43. The molecule has 3 heteroatoms. The van der Waals surface area contributed by atoms with Gasteiger partial charge in [-0.05, 0) is 38.4 Å². The lowest BCUT2D eigenvalue weighted by molar-refractivity contribution is 0.586. The van der Waals surface area contributed by atoms with Crippen molar-refractivity contribution in [1.29, 1.82) is 0 Å². The molecule has 1 aromatic heterocycles. The first-order chi connectivity index (χ1) is 7.36. The van der Waals surface area contributed by atoms with E-state index in [-0.39, 0.29) is 0 Å². The number of hydrogen-bond donors (Lipinski definition) is 1. The molecule has 0 saturated heterocycles. The molecule has 15 heavy (non-hydrogen) atoms. The molecule has 0 spiro atoms. The molecular weight excluding hydrogens is 186 g/mol. The zero-order valence-electron chi connectivity index (χ0n) is 9.37. The molecule has 0 saturated carbocycles. The molecular formula is C12H19N3. The maximum atomic E-state index is 5.19. The minimum atomic E-state index is 0.828. The highest BCUT2D eigenvalue weighted by molar-refractivity contribution is 5.03. The van der Waals surface area contributed by atoms with Gasteiger partial charge in [-0.2, -0.15) is 5.10 Å². The molecule has 1 aromatic rings. The van der Waals surface area contributed by atoms with Gasteiger partial charge in [0.2, 0.25) is 0 Å². The minimum Gasteiger partial charge on any atom is -0.320 e. The molecule has 0 aliphatic carbocycles. The van der Waals surface area contributed by atoms with Gasteiger partial charge in [0.05, 0.1) is 6.20 Å². The summed E-state index contributed by atoms with van der Waals surface area (Å²) >= 11 is 0. The van der Waals surface area contributed by atoms with Crippen molar-refractivity contribution >= 4 is 0 Å². The van der Waals surface area contributed by atoms with Crippen LogP contribution in [-0.4, -0.2) is 23.4 Å². The molecule has 0 aromatic carbocycles. The number of terminal acetylenes is 1. The second-order valence-corrected chi connectivity index (χ2v) is 3.63. The third kappa shape index (κ3) is 4.66. The Kier molecular flexibility index (Phi) is 5.57. The van der Waals surface area contributed by atoms with Gasteiger partial charge in [0.15, 0.2) is 0 Å². The van der Waals surface area contributed by atoms with Gasteiger partial charge in [-0.1, -0.05) is 0 Å². The Morgan fingerprint density at radius 3 is 3.13 bits per heavy atom. The Morgan fingerprint density at radius 2 is 2.40 bits per heavy atom. The molecule has 3 nitrogen and oxygen atoms in total. The largest absolute Gasteiger partial charge is 0.320 e. The van der Waals surface area contributed by atoms with Crippen molar-refractivity contribution in [1.82, 2.24) is 15.1 Å². The SMILES string of the molecule is C#CCCCn1cc(CCCNC)cn1. The lowest BCUT2D eigenvalue weighted by atomic mass is 10.2. The fourth-order valence-electron chi connectivity index (χ4n) is 1.47. The molecule has 0 amide bonds. The van der Waals surface area contributed by atoms with Crippen molar-refractivity contribution in [3.63, 3.8) is 0 Å². The van der Waals surface area contributed by atoms with E-state index in [1.54, 1.807) is 0 Å². The highest BCUT2D eigenvalue weighted by atomic mass is 15.3. The van der Waals surface area contributed by atoms with E-state index in [9.17, 15) is 0 Å². The summed E-state index contributed by atoms with van der Waals surface area (Å²) in [6, 6.07) is 0. The van der Waals surface area contributed by atoms with E-state index in [1.807, 2.05) is 17.9 Å². The molecule has 0 bridgehead atoms. The quantitative estimate of drug-likeness (QED) is 0.539. The number of hydrogen-bond acceptors (Lipinski definition) is 2. The van der Waals surface area contributed by atoms with Gasteiger partial charge in [0.1, 0.15) is 0 Å². The van der Waals surface area contributed by atoms with Gasteiger partial charge >= 0.3 is 0 Å². The van der Waals surface area contributed by atoms with Crippen LogP contribution in [0.1, 0.15) is 24.8 Å². The maximum Gasteiger partial charge on any atom is 0.0521 e. The Balaban J connectivity index is 2.26. The van der Waals surface area contributed by atoms with Crippen molar-refractivity contribution < 1.29 is 0 Å². The molecule has 0 atom stereocenters. The lowest BCUT2D eigenvalue weighted by Gasteiger charge is -1.98. The third-order valence-corrected chi connectivity index (χ3v) is 2.29. The fourth-order valence-corrected chi connectivity index (χ4v) is 1.47. The maximum absolute atomic E-state index is 5.19. The summed E-state index contributed by atoms with van der Waals surface area (Å²) in [5.41, 5.74) is 1.31. The number of nitrogens with zero attached hydrogens (tertiary/aromatic N) is 2. The minimum absolute atomic E-state index is 0.828. The van der Waals surface area contributed by atoms with Gasteiger partial charge in [-0.3, -0.25) is 4.68 Å². The Labute approximate surface area is 91.9 Å². The Morgan fingerprint density at radius 1 is 1.53 bits per heavy atom. The highest BCUT2D eigenvalue weighted by Crippen LogP contribution is 2.02. The van der Waals surface area contributed by atoms with E-state index in [1.165, 1.54) is 5.56 Å².